The first-order chi connectivity index (χ1) is 4.33. The average molecular weight is 142 g/mol. The predicted octanol–water partition coefficient (Wildman–Crippen LogP) is 1.91. The smallest absolute Gasteiger partial charge is 0.196 e. The van der Waals surface area contributed by atoms with Gasteiger partial charge in [-0.25, -0.2) is 0 Å². The fourth-order valence-corrected chi connectivity index (χ4v) is 1.54. The molecule has 3 heteroatoms. The summed E-state index contributed by atoms with van der Waals surface area (Å²) in [6.07, 6.45) is 0.837. The zero-order valence-corrected chi connectivity index (χ0v) is 7.01. The maximum Gasteiger partial charge on any atom is 0.196 e. The number of hydrogen-bond donors (Lipinski definition) is 0. The zero-order valence-electron chi connectivity index (χ0n) is 7.01. The lowest BCUT2D eigenvalue weighted by molar-refractivity contribution is -0.588. The molecule has 0 bridgehead atoms. The van der Waals surface area contributed by atoms with Crippen LogP contribution in [0, 0.1) is 5.21 Å². The van der Waals surface area contributed by atoms with Gasteiger partial charge >= 0.3 is 0 Å². The topological polar surface area (TPSA) is 38.4 Å². The molecule has 0 radical (unpaired) electrons. The monoisotopic (exact) mass is 142 g/mol. The quantitative estimate of drug-likeness (QED) is 0.376. The second kappa shape index (κ2) is 1.71. The minimum Gasteiger partial charge on any atom is -0.599 e. The van der Waals surface area contributed by atoms with Gasteiger partial charge in [-0.15, -0.1) is 0 Å². The molecule has 10 heavy (non-hydrogen) atoms. The van der Waals surface area contributed by atoms with E-state index >= 15 is 0 Å². The summed E-state index contributed by atoms with van der Waals surface area (Å²) in [6, 6.07) is 0. The van der Waals surface area contributed by atoms with E-state index in [4.69, 9.17) is 0 Å². The summed E-state index contributed by atoms with van der Waals surface area (Å²) < 4.78 is 0. The van der Waals surface area contributed by atoms with Crippen molar-refractivity contribution in [2.75, 3.05) is 0 Å². The van der Waals surface area contributed by atoms with E-state index in [1.807, 2.05) is 27.7 Å². The fourth-order valence-electron chi connectivity index (χ4n) is 1.54. The Bertz CT molecular complexity index is 182. The zero-order chi connectivity index (χ0) is 7.99. The molecule has 58 valence electrons. The summed E-state index contributed by atoms with van der Waals surface area (Å²) >= 11 is 0. The minimum atomic E-state index is -0.302. The molecule has 0 aromatic rings. The molecule has 1 rings (SSSR count). The van der Waals surface area contributed by atoms with E-state index in [-0.39, 0.29) is 11.1 Å². The van der Waals surface area contributed by atoms with Crippen molar-refractivity contribution in [3.63, 3.8) is 0 Å². The van der Waals surface area contributed by atoms with Crippen LogP contribution in [0.1, 0.15) is 34.1 Å². The van der Waals surface area contributed by atoms with Crippen molar-refractivity contribution in [1.82, 2.24) is 0 Å². The molecule has 0 N–H and O–H groups in total. The molecule has 3 nitrogen and oxygen atoms in total. The van der Waals surface area contributed by atoms with Gasteiger partial charge in [-0.2, -0.15) is 0 Å². The van der Waals surface area contributed by atoms with Gasteiger partial charge in [-0.05, 0) is 19.0 Å². The van der Waals surface area contributed by atoms with Crippen LogP contribution in [0.4, 0.5) is 0 Å². The molecular weight excluding hydrogens is 128 g/mol. The number of rotatable bonds is 0. The van der Waals surface area contributed by atoms with E-state index in [1.165, 1.54) is 0 Å². The van der Waals surface area contributed by atoms with Gasteiger partial charge in [0, 0.05) is 20.3 Å². The van der Waals surface area contributed by atoms with E-state index in [0.717, 1.165) is 11.3 Å². The highest BCUT2D eigenvalue weighted by Crippen LogP contribution is 2.32. The Labute approximate surface area is 61.3 Å². The molecule has 1 heterocycles. The van der Waals surface area contributed by atoms with Crippen LogP contribution in [-0.2, 0) is 0 Å². The van der Waals surface area contributed by atoms with Crippen LogP contribution in [0.5, 0.6) is 0 Å². The average Bonchev–Trinajstić information content (AvgIpc) is 1.73. The lowest BCUT2D eigenvalue weighted by Gasteiger charge is -2.14. The van der Waals surface area contributed by atoms with Crippen LogP contribution < -0.4 is 0 Å². The van der Waals surface area contributed by atoms with Crippen molar-refractivity contribution in [2.24, 2.45) is 5.11 Å². The Kier molecular flexibility index (Phi) is 1.28. The van der Waals surface area contributed by atoms with Crippen LogP contribution in [-0.4, -0.2) is 15.9 Å². The summed E-state index contributed by atoms with van der Waals surface area (Å²) in [6.45, 7) is 7.79. The van der Waals surface area contributed by atoms with E-state index in [2.05, 4.69) is 5.11 Å². The Hall–Kier alpha value is -0.600. The maximum atomic E-state index is 11.1. The lowest BCUT2D eigenvalue weighted by Crippen LogP contribution is -2.29. The second-order valence-electron chi connectivity index (χ2n) is 4.17. The molecule has 0 unspecified atom stereocenters. The SMILES string of the molecule is CC1(C)CC(C)(C)[N+]([O-])=N1. The van der Waals surface area contributed by atoms with Crippen LogP contribution in [0.2, 0.25) is 0 Å². The highest BCUT2D eigenvalue weighted by Gasteiger charge is 2.44. The first-order valence-corrected chi connectivity index (χ1v) is 3.54. The number of nitrogens with zero attached hydrogens (tertiary/aromatic N) is 2. The molecule has 0 saturated carbocycles. The normalized spacial score (nSPS) is 28.2. The molecule has 0 amide bonds. The molecule has 0 atom stereocenters. The highest BCUT2D eigenvalue weighted by molar-refractivity contribution is 4.87. The van der Waals surface area contributed by atoms with Gasteiger partial charge in [0.1, 0.15) is 5.54 Å². The molecule has 0 fully saturated rings. The summed E-state index contributed by atoms with van der Waals surface area (Å²) in [4.78, 5) is 0.826. The molecule has 1 aliphatic rings. The Balaban J connectivity index is 2.89. The third-order valence-corrected chi connectivity index (χ3v) is 1.74. The van der Waals surface area contributed by atoms with Crippen LogP contribution >= 0.6 is 0 Å². The Morgan fingerprint density at radius 2 is 1.80 bits per heavy atom. The van der Waals surface area contributed by atoms with Crippen molar-refractivity contribution in [3.05, 3.63) is 5.21 Å². The van der Waals surface area contributed by atoms with Crippen molar-refractivity contribution in [3.8, 4) is 0 Å². The molecule has 0 aromatic heterocycles. The van der Waals surface area contributed by atoms with E-state index < -0.39 is 0 Å². The summed E-state index contributed by atoms with van der Waals surface area (Å²) in [5.41, 5.74) is -0.464. The lowest BCUT2D eigenvalue weighted by atomic mass is 9.90. The van der Waals surface area contributed by atoms with Crippen LogP contribution in [0.3, 0.4) is 0 Å². The molecule has 1 aliphatic heterocycles. The molecule has 0 aliphatic carbocycles. The number of hydrogen-bond acceptors (Lipinski definition) is 2. The van der Waals surface area contributed by atoms with E-state index in [9.17, 15) is 5.21 Å². The Morgan fingerprint density at radius 1 is 1.30 bits per heavy atom. The van der Waals surface area contributed by atoms with Crippen molar-refractivity contribution in [1.29, 1.82) is 0 Å². The second-order valence-corrected chi connectivity index (χ2v) is 4.17. The maximum absolute atomic E-state index is 11.1. The van der Waals surface area contributed by atoms with Crippen LogP contribution in [0.25, 0.3) is 0 Å². The van der Waals surface area contributed by atoms with Gasteiger partial charge in [-0.1, -0.05) is 4.86 Å². The van der Waals surface area contributed by atoms with Gasteiger partial charge in [0.15, 0.2) is 5.54 Å². The summed E-state index contributed by atoms with van der Waals surface area (Å²) in [5.74, 6) is 0. The van der Waals surface area contributed by atoms with Crippen LogP contribution in [0.15, 0.2) is 5.11 Å². The molecule has 0 saturated heterocycles. The standard InChI is InChI=1S/C7H14N2O/c1-6(2)5-7(3,4)9(10)8-6/h5H2,1-4H3. The van der Waals surface area contributed by atoms with Crippen molar-refractivity contribution in [2.45, 2.75) is 45.2 Å². The molecular formula is C7H14N2O. The fraction of sp³-hybridized carbons (Fsp3) is 1.00. The van der Waals surface area contributed by atoms with E-state index in [0.29, 0.717) is 0 Å². The third-order valence-electron chi connectivity index (χ3n) is 1.74. The summed E-state index contributed by atoms with van der Waals surface area (Å²) in [5, 5.41) is 15.0. The number of hydroxylamine groups is 1. The van der Waals surface area contributed by atoms with E-state index in [1.54, 1.807) is 0 Å². The van der Waals surface area contributed by atoms with Gasteiger partial charge in [0.25, 0.3) is 0 Å². The van der Waals surface area contributed by atoms with Gasteiger partial charge < -0.3 is 5.21 Å². The van der Waals surface area contributed by atoms with Crippen molar-refractivity contribution < 1.29 is 4.86 Å². The minimum absolute atomic E-state index is 0.161. The summed E-state index contributed by atoms with van der Waals surface area (Å²) in [7, 11) is 0. The molecule has 0 aromatic carbocycles. The first kappa shape index (κ1) is 7.51. The van der Waals surface area contributed by atoms with Gasteiger partial charge in [0.05, 0.1) is 0 Å². The first-order valence-electron chi connectivity index (χ1n) is 3.54. The van der Waals surface area contributed by atoms with Crippen molar-refractivity contribution >= 4 is 0 Å². The largest absolute Gasteiger partial charge is 0.599 e. The Morgan fingerprint density at radius 3 is 1.90 bits per heavy atom. The highest BCUT2D eigenvalue weighted by atomic mass is 16.5. The van der Waals surface area contributed by atoms with Gasteiger partial charge in [-0.3, -0.25) is 0 Å². The third kappa shape index (κ3) is 1.13. The predicted molar refractivity (Wildman–Crippen MR) is 38.8 cm³/mol. The number of azo groups is 1. The van der Waals surface area contributed by atoms with Gasteiger partial charge in [0.2, 0.25) is 0 Å². The molecule has 0 spiro atoms.